The first-order valence-electron chi connectivity index (χ1n) is 10.3. The van der Waals surface area contributed by atoms with Crippen molar-refractivity contribution in [2.75, 3.05) is 5.32 Å². The summed E-state index contributed by atoms with van der Waals surface area (Å²) >= 11 is 7.62. The van der Waals surface area contributed by atoms with Gasteiger partial charge < -0.3 is 10.3 Å². The number of Topliss-reactive ketones (excluding diaryl/α,β-unsaturated/α-hetero) is 1. The van der Waals surface area contributed by atoms with Crippen molar-refractivity contribution in [3.05, 3.63) is 97.7 Å². The van der Waals surface area contributed by atoms with Gasteiger partial charge >= 0.3 is 0 Å². The van der Waals surface area contributed by atoms with Crippen LogP contribution in [0.3, 0.4) is 0 Å². The molecule has 0 bridgehead atoms. The molecule has 0 radical (unpaired) electrons. The van der Waals surface area contributed by atoms with Crippen LogP contribution in [0.2, 0.25) is 5.02 Å². The van der Waals surface area contributed by atoms with Crippen LogP contribution in [0.1, 0.15) is 41.9 Å². The fraction of sp³-hybridized carbons (Fsp3) is 0.208. The maximum absolute atomic E-state index is 13.6. The maximum atomic E-state index is 13.6. The van der Waals surface area contributed by atoms with E-state index in [0.717, 1.165) is 17.7 Å². The van der Waals surface area contributed by atoms with Gasteiger partial charge in [0, 0.05) is 34.4 Å². The Hall–Kier alpha value is -2.90. The zero-order chi connectivity index (χ0) is 22.2. The summed E-state index contributed by atoms with van der Waals surface area (Å²) < 4.78 is 13.6. The molecular weight excluding hydrogens is 449 g/mol. The number of nitrogens with one attached hydrogen (secondary N) is 2. The van der Waals surface area contributed by atoms with Crippen LogP contribution in [0, 0.1) is 5.82 Å². The van der Waals surface area contributed by atoms with Crippen molar-refractivity contribution in [2.24, 2.45) is 0 Å². The summed E-state index contributed by atoms with van der Waals surface area (Å²) in [6.45, 7) is 0. The quantitative estimate of drug-likeness (QED) is 0.396. The number of anilines is 1. The number of aromatic amines is 1. The van der Waals surface area contributed by atoms with E-state index in [-0.39, 0.29) is 17.2 Å². The number of carbonyl (C=O) groups is 1. The van der Waals surface area contributed by atoms with Gasteiger partial charge in [-0.05, 0) is 42.2 Å². The Morgan fingerprint density at radius 2 is 1.88 bits per heavy atom. The van der Waals surface area contributed by atoms with E-state index in [1.165, 1.54) is 23.9 Å². The lowest BCUT2D eigenvalue weighted by atomic mass is 9.76. The van der Waals surface area contributed by atoms with E-state index < -0.39 is 5.92 Å². The van der Waals surface area contributed by atoms with Gasteiger partial charge in [0.05, 0.1) is 5.56 Å². The standard InChI is InChI=1S/C24H19ClFN3O2S/c25-16-5-2-1-4-14(16)12-32-24-28-22-21(23(31)29-24)19(13-8-10-15(26)11-9-13)20-17(27-22)6-3-7-18(20)30/h1-2,4-5,8-11,19H,3,6-7,12H2,(H2,27,28,29,31)/t19-/m0/s1. The Labute approximate surface area is 193 Å². The molecule has 0 unspecified atom stereocenters. The summed E-state index contributed by atoms with van der Waals surface area (Å²) in [5, 5.41) is 4.37. The zero-order valence-electron chi connectivity index (χ0n) is 17.0. The van der Waals surface area contributed by atoms with Crippen LogP contribution in [-0.4, -0.2) is 15.8 Å². The number of carbonyl (C=O) groups excluding carboxylic acids is 1. The van der Waals surface area contributed by atoms with Crippen molar-refractivity contribution in [3.8, 4) is 0 Å². The minimum atomic E-state index is -0.575. The SMILES string of the molecule is O=C1CCCC2=C1[C@H](c1ccc(F)cc1)c1c(nc(SCc3ccccc3Cl)[nH]c1=O)N2. The summed E-state index contributed by atoms with van der Waals surface area (Å²) in [6.07, 6.45) is 1.88. The molecule has 3 aromatic rings. The van der Waals surface area contributed by atoms with Crippen molar-refractivity contribution >= 4 is 35.0 Å². The number of thioether (sulfide) groups is 1. The molecule has 5 rings (SSSR count). The van der Waals surface area contributed by atoms with E-state index in [9.17, 15) is 14.0 Å². The molecule has 1 aliphatic carbocycles. The highest BCUT2D eigenvalue weighted by Crippen LogP contribution is 2.43. The highest BCUT2D eigenvalue weighted by Gasteiger charge is 2.37. The molecule has 8 heteroatoms. The van der Waals surface area contributed by atoms with Crippen LogP contribution in [0.5, 0.6) is 0 Å². The minimum Gasteiger partial charge on any atom is -0.343 e. The van der Waals surface area contributed by atoms with Crippen molar-refractivity contribution in [3.63, 3.8) is 0 Å². The van der Waals surface area contributed by atoms with Gasteiger partial charge in [-0.2, -0.15) is 0 Å². The summed E-state index contributed by atoms with van der Waals surface area (Å²) in [5.41, 5.74) is 3.08. The molecule has 0 fully saturated rings. The number of nitrogens with zero attached hydrogens (tertiary/aromatic N) is 1. The largest absolute Gasteiger partial charge is 0.343 e. The fourth-order valence-corrected chi connectivity index (χ4v) is 5.41. The first kappa shape index (κ1) is 21.0. The monoisotopic (exact) mass is 467 g/mol. The second-order valence-corrected chi connectivity index (χ2v) is 9.16. The molecule has 1 atom stereocenters. The van der Waals surface area contributed by atoms with E-state index in [1.807, 2.05) is 24.3 Å². The second-order valence-electron chi connectivity index (χ2n) is 7.79. The predicted octanol–water partition coefficient (Wildman–Crippen LogP) is 5.42. The molecule has 5 nitrogen and oxygen atoms in total. The number of halogens is 2. The average molecular weight is 468 g/mol. The number of hydrogen-bond acceptors (Lipinski definition) is 5. The lowest BCUT2D eigenvalue weighted by Crippen LogP contribution is -2.32. The van der Waals surface area contributed by atoms with Crippen LogP contribution in [0.4, 0.5) is 10.2 Å². The number of ketones is 1. The third-order valence-electron chi connectivity index (χ3n) is 5.76. The van der Waals surface area contributed by atoms with Crippen LogP contribution in [0.15, 0.2) is 69.8 Å². The summed E-state index contributed by atoms with van der Waals surface area (Å²) in [5.74, 6) is 0.0577. The minimum absolute atomic E-state index is 0.00953. The first-order chi connectivity index (χ1) is 15.5. The van der Waals surface area contributed by atoms with E-state index >= 15 is 0 Å². The molecule has 162 valence electrons. The van der Waals surface area contributed by atoms with Crippen LogP contribution in [-0.2, 0) is 10.5 Å². The van der Waals surface area contributed by atoms with Gasteiger partial charge in [0.25, 0.3) is 5.56 Å². The summed E-state index contributed by atoms with van der Waals surface area (Å²) in [6, 6.07) is 13.5. The first-order valence-corrected chi connectivity index (χ1v) is 11.7. The predicted molar refractivity (Wildman–Crippen MR) is 124 cm³/mol. The lowest BCUT2D eigenvalue weighted by molar-refractivity contribution is -0.116. The molecule has 0 saturated carbocycles. The van der Waals surface area contributed by atoms with Crippen LogP contribution < -0.4 is 10.9 Å². The fourth-order valence-electron chi connectivity index (χ4n) is 4.26. The Bertz CT molecular complexity index is 1300. The van der Waals surface area contributed by atoms with Gasteiger partial charge in [-0.3, -0.25) is 9.59 Å². The van der Waals surface area contributed by atoms with Gasteiger partial charge in [-0.1, -0.05) is 53.7 Å². The van der Waals surface area contributed by atoms with E-state index in [0.29, 0.717) is 51.3 Å². The number of benzene rings is 2. The smallest absolute Gasteiger partial charge is 0.257 e. The molecule has 2 heterocycles. The molecule has 1 aromatic heterocycles. The van der Waals surface area contributed by atoms with Gasteiger partial charge in [-0.15, -0.1) is 0 Å². The Balaban J connectivity index is 1.56. The molecule has 0 spiro atoms. The topological polar surface area (TPSA) is 74.8 Å². The molecule has 2 aromatic carbocycles. The van der Waals surface area contributed by atoms with E-state index in [1.54, 1.807) is 12.1 Å². The lowest BCUT2D eigenvalue weighted by Gasteiger charge is -2.32. The van der Waals surface area contributed by atoms with Gasteiger partial charge in [-0.25, -0.2) is 9.37 Å². The molecule has 2 N–H and O–H groups in total. The molecule has 2 aliphatic rings. The highest BCUT2D eigenvalue weighted by molar-refractivity contribution is 7.98. The maximum Gasteiger partial charge on any atom is 0.257 e. The van der Waals surface area contributed by atoms with Gasteiger partial charge in [0.2, 0.25) is 0 Å². The third kappa shape index (κ3) is 3.87. The van der Waals surface area contributed by atoms with Crippen molar-refractivity contribution in [1.29, 1.82) is 0 Å². The summed E-state index contributed by atoms with van der Waals surface area (Å²) in [7, 11) is 0. The highest BCUT2D eigenvalue weighted by atomic mass is 35.5. The Kier molecular flexibility index (Phi) is 5.61. The molecule has 32 heavy (non-hydrogen) atoms. The van der Waals surface area contributed by atoms with Crippen molar-refractivity contribution in [1.82, 2.24) is 9.97 Å². The molecule has 0 saturated heterocycles. The summed E-state index contributed by atoms with van der Waals surface area (Å²) in [4.78, 5) is 33.6. The van der Waals surface area contributed by atoms with Crippen LogP contribution in [0.25, 0.3) is 0 Å². The normalized spacial score (nSPS) is 17.6. The van der Waals surface area contributed by atoms with Crippen molar-refractivity contribution in [2.45, 2.75) is 36.1 Å². The molecule has 0 amide bonds. The molecular formula is C24H19ClFN3O2S. The zero-order valence-corrected chi connectivity index (χ0v) is 18.5. The van der Waals surface area contributed by atoms with Gasteiger partial charge in [0.1, 0.15) is 11.6 Å². The number of allylic oxidation sites excluding steroid dienone is 2. The Morgan fingerprint density at radius 1 is 1.09 bits per heavy atom. The van der Waals surface area contributed by atoms with Gasteiger partial charge in [0.15, 0.2) is 10.9 Å². The van der Waals surface area contributed by atoms with Crippen LogP contribution >= 0.6 is 23.4 Å². The van der Waals surface area contributed by atoms with E-state index in [2.05, 4.69) is 15.3 Å². The number of hydrogen-bond donors (Lipinski definition) is 2. The number of fused-ring (bicyclic) bond motifs is 1. The second kappa shape index (κ2) is 8.56. The number of rotatable bonds is 4. The average Bonchev–Trinajstić information content (AvgIpc) is 2.78. The Morgan fingerprint density at radius 3 is 2.66 bits per heavy atom. The van der Waals surface area contributed by atoms with Crippen molar-refractivity contribution < 1.29 is 9.18 Å². The van der Waals surface area contributed by atoms with E-state index in [4.69, 9.17) is 11.6 Å². The number of H-pyrrole nitrogens is 1. The number of aromatic nitrogens is 2. The third-order valence-corrected chi connectivity index (χ3v) is 7.05. The molecule has 1 aliphatic heterocycles.